The van der Waals surface area contributed by atoms with Crippen LogP contribution < -0.4 is 10.1 Å². The molecule has 10 heteroatoms. The molecule has 0 saturated carbocycles. The summed E-state index contributed by atoms with van der Waals surface area (Å²) in [5, 5.41) is 2.37. The van der Waals surface area contributed by atoms with Crippen molar-refractivity contribution in [1.29, 1.82) is 0 Å². The molecule has 10 nitrogen and oxygen atoms in total. The zero-order chi connectivity index (χ0) is 26.4. The lowest BCUT2D eigenvalue weighted by atomic mass is 9.82. The Bertz CT molecular complexity index is 1630. The minimum Gasteiger partial charge on any atom is -0.497 e. The maximum atomic E-state index is 13.2. The van der Waals surface area contributed by atoms with Crippen LogP contribution in [0.5, 0.6) is 5.75 Å². The van der Waals surface area contributed by atoms with Crippen molar-refractivity contribution >= 4 is 34.6 Å². The Morgan fingerprint density at radius 3 is 2.76 bits per heavy atom. The van der Waals surface area contributed by atoms with Crippen molar-refractivity contribution < 1.29 is 28.3 Å². The highest BCUT2D eigenvalue weighted by Crippen LogP contribution is 2.39. The SMILES string of the molecule is COc1ccc2c(c1)C(=O)N(C[C@@]1(c3cc4nc(CC(=O)c5cccnc5)ccc4o3)CC(=O)NC1=O)C2. The minimum absolute atomic E-state index is 0.0490. The average molecular weight is 511 g/mol. The van der Waals surface area contributed by atoms with Crippen LogP contribution in [0.15, 0.2) is 65.3 Å². The van der Waals surface area contributed by atoms with E-state index in [1.54, 1.807) is 53.6 Å². The lowest BCUT2D eigenvalue weighted by molar-refractivity contribution is -0.127. The van der Waals surface area contributed by atoms with Gasteiger partial charge in [0.15, 0.2) is 11.4 Å². The Hall–Kier alpha value is -4.86. The van der Waals surface area contributed by atoms with Gasteiger partial charge in [0.05, 0.1) is 20.0 Å². The first kappa shape index (κ1) is 23.5. The Balaban J connectivity index is 1.31. The number of hydrogen-bond donors (Lipinski definition) is 1. The molecule has 3 aromatic heterocycles. The molecule has 0 radical (unpaired) electrons. The summed E-state index contributed by atoms with van der Waals surface area (Å²) < 4.78 is 11.3. The molecular formula is C28H22N4O6. The topological polar surface area (TPSA) is 132 Å². The van der Waals surface area contributed by atoms with Crippen molar-refractivity contribution in [3.8, 4) is 5.75 Å². The average Bonchev–Trinajstić information content (AvgIpc) is 3.57. The number of aromatic nitrogens is 2. The molecule has 190 valence electrons. The van der Waals surface area contributed by atoms with Gasteiger partial charge >= 0.3 is 0 Å². The zero-order valence-electron chi connectivity index (χ0n) is 20.4. The number of nitrogens with one attached hydrogen (secondary N) is 1. The highest BCUT2D eigenvalue weighted by molar-refractivity contribution is 6.10. The van der Waals surface area contributed by atoms with Crippen molar-refractivity contribution in [2.45, 2.75) is 24.8 Å². The maximum absolute atomic E-state index is 13.2. The summed E-state index contributed by atoms with van der Waals surface area (Å²) in [7, 11) is 1.53. The molecule has 1 aromatic carbocycles. The highest BCUT2D eigenvalue weighted by atomic mass is 16.5. The molecule has 0 aliphatic carbocycles. The molecule has 1 saturated heterocycles. The summed E-state index contributed by atoms with van der Waals surface area (Å²) in [6.07, 6.45) is 3.00. The normalized spacial score (nSPS) is 18.7. The lowest BCUT2D eigenvalue weighted by Crippen LogP contribution is -2.46. The number of carbonyl (C=O) groups excluding carboxylic acids is 4. The van der Waals surface area contributed by atoms with E-state index in [1.165, 1.54) is 13.3 Å². The van der Waals surface area contributed by atoms with Gasteiger partial charge in [-0.05, 0) is 42.0 Å². The predicted octanol–water partition coefficient (Wildman–Crippen LogP) is 2.60. The predicted molar refractivity (Wildman–Crippen MR) is 133 cm³/mol. The zero-order valence-corrected chi connectivity index (χ0v) is 20.4. The fourth-order valence-electron chi connectivity index (χ4n) is 5.06. The number of carbonyl (C=O) groups is 4. The van der Waals surface area contributed by atoms with E-state index in [1.807, 2.05) is 6.07 Å². The Labute approximate surface area is 216 Å². The number of fused-ring (bicyclic) bond motifs is 2. The number of rotatable bonds is 7. The van der Waals surface area contributed by atoms with Crippen molar-refractivity contribution in [1.82, 2.24) is 20.2 Å². The van der Waals surface area contributed by atoms with Gasteiger partial charge in [-0.25, -0.2) is 4.98 Å². The lowest BCUT2D eigenvalue weighted by Gasteiger charge is -2.28. The molecule has 3 amide bonds. The molecule has 0 unspecified atom stereocenters. The van der Waals surface area contributed by atoms with Crippen LogP contribution in [-0.4, -0.2) is 52.0 Å². The number of furan rings is 1. The molecular weight excluding hydrogens is 488 g/mol. The number of ether oxygens (including phenoxy) is 1. The van der Waals surface area contributed by atoms with E-state index in [0.717, 1.165) is 5.56 Å². The molecule has 5 heterocycles. The number of methoxy groups -OCH3 is 1. The molecule has 4 aromatic rings. The molecule has 1 fully saturated rings. The molecule has 2 aliphatic heterocycles. The van der Waals surface area contributed by atoms with Crippen LogP contribution >= 0.6 is 0 Å². The minimum atomic E-state index is -1.41. The van der Waals surface area contributed by atoms with E-state index in [4.69, 9.17) is 9.15 Å². The van der Waals surface area contributed by atoms with Gasteiger partial charge in [-0.2, -0.15) is 0 Å². The summed E-state index contributed by atoms with van der Waals surface area (Å²) in [6, 6.07) is 13.6. The Morgan fingerprint density at radius 1 is 1.16 bits per heavy atom. The molecule has 2 aliphatic rings. The number of benzene rings is 1. The molecule has 0 bridgehead atoms. The number of imide groups is 1. The number of ketones is 1. The summed E-state index contributed by atoms with van der Waals surface area (Å²) in [5.74, 6) is -0.568. The van der Waals surface area contributed by atoms with Crippen LogP contribution in [0.25, 0.3) is 11.1 Å². The number of Topliss-reactive ketones (excluding diaryl/α,β-unsaturated/α-hetero) is 1. The fourth-order valence-corrected chi connectivity index (χ4v) is 5.06. The van der Waals surface area contributed by atoms with Crippen molar-refractivity contribution in [2.24, 2.45) is 0 Å². The van der Waals surface area contributed by atoms with Crippen LogP contribution in [-0.2, 0) is 28.0 Å². The monoisotopic (exact) mass is 510 g/mol. The van der Waals surface area contributed by atoms with Gasteiger partial charge in [0.1, 0.15) is 22.4 Å². The van der Waals surface area contributed by atoms with Crippen molar-refractivity contribution in [3.05, 3.63) is 89.1 Å². The molecule has 38 heavy (non-hydrogen) atoms. The molecule has 1 N–H and O–H groups in total. The third kappa shape index (κ3) is 3.90. The molecule has 0 spiro atoms. The Morgan fingerprint density at radius 2 is 2.03 bits per heavy atom. The van der Waals surface area contributed by atoms with E-state index >= 15 is 0 Å². The first-order valence-electron chi connectivity index (χ1n) is 12.0. The van der Waals surface area contributed by atoms with E-state index in [2.05, 4.69) is 15.3 Å². The summed E-state index contributed by atoms with van der Waals surface area (Å²) in [5.41, 5.74) is 1.76. The Kier molecular flexibility index (Phi) is 5.52. The summed E-state index contributed by atoms with van der Waals surface area (Å²) >= 11 is 0. The van der Waals surface area contributed by atoms with E-state index in [0.29, 0.717) is 40.2 Å². The first-order valence-corrected chi connectivity index (χ1v) is 12.0. The van der Waals surface area contributed by atoms with Crippen LogP contribution in [0.4, 0.5) is 0 Å². The first-order chi connectivity index (χ1) is 18.4. The third-order valence-electron chi connectivity index (χ3n) is 7.03. The van der Waals surface area contributed by atoms with Gasteiger partial charge in [-0.3, -0.25) is 29.5 Å². The fraction of sp³-hybridized carbons (Fsp3) is 0.214. The van der Waals surface area contributed by atoms with E-state index in [-0.39, 0.29) is 36.8 Å². The largest absolute Gasteiger partial charge is 0.497 e. The molecule has 1 atom stereocenters. The number of pyridine rings is 2. The smallest absolute Gasteiger partial charge is 0.254 e. The highest BCUT2D eigenvalue weighted by Gasteiger charge is 2.53. The van der Waals surface area contributed by atoms with Gasteiger partial charge in [0.25, 0.3) is 5.91 Å². The quantitative estimate of drug-likeness (QED) is 0.296. The van der Waals surface area contributed by atoms with E-state index < -0.39 is 17.2 Å². The van der Waals surface area contributed by atoms with Gasteiger partial charge in [-0.15, -0.1) is 0 Å². The second-order valence-electron chi connectivity index (χ2n) is 9.46. The number of amides is 3. The van der Waals surface area contributed by atoms with Gasteiger partial charge < -0.3 is 14.1 Å². The maximum Gasteiger partial charge on any atom is 0.254 e. The van der Waals surface area contributed by atoms with Crippen molar-refractivity contribution in [2.75, 3.05) is 13.7 Å². The second kappa shape index (κ2) is 8.91. The van der Waals surface area contributed by atoms with Crippen molar-refractivity contribution in [3.63, 3.8) is 0 Å². The van der Waals surface area contributed by atoms with Crippen LogP contribution in [0.3, 0.4) is 0 Å². The van der Waals surface area contributed by atoms with Crippen LogP contribution in [0, 0.1) is 0 Å². The van der Waals surface area contributed by atoms with Crippen LogP contribution in [0.1, 0.15) is 44.2 Å². The second-order valence-corrected chi connectivity index (χ2v) is 9.46. The van der Waals surface area contributed by atoms with Crippen LogP contribution in [0.2, 0.25) is 0 Å². The van der Waals surface area contributed by atoms with Gasteiger partial charge in [-0.1, -0.05) is 6.07 Å². The van der Waals surface area contributed by atoms with Gasteiger partial charge in [0.2, 0.25) is 11.8 Å². The standard InChI is InChI=1S/C28H22N4O6/c1-37-19-6-4-17-14-32(26(35)20(17)10-19)15-28(12-25(34)31-27(28)36)24-11-21-23(38-24)7-5-18(30-21)9-22(33)16-3-2-8-29-13-16/h2-8,10-11,13H,9,12,14-15H2,1H3,(H,31,34,36)/t28-/m1/s1. The number of hydrogen-bond acceptors (Lipinski definition) is 8. The summed E-state index contributed by atoms with van der Waals surface area (Å²) in [6.45, 7) is 0.243. The molecule has 6 rings (SSSR count). The van der Waals surface area contributed by atoms with Gasteiger partial charge in [0, 0.05) is 48.4 Å². The summed E-state index contributed by atoms with van der Waals surface area (Å²) in [4.78, 5) is 61.5. The number of nitrogens with zero attached hydrogens (tertiary/aromatic N) is 3. The third-order valence-corrected chi connectivity index (χ3v) is 7.03. The van der Waals surface area contributed by atoms with E-state index in [9.17, 15) is 19.2 Å².